The van der Waals surface area contributed by atoms with Crippen molar-refractivity contribution in [2.75, 3.05) is 20.8 Å². The first-order valence-electron chi connectivity index (χ1n) is 4.58. The third-order valence-electron chi connectivity index (χ3n) is 2.04. The maximum Gasteiger partial charge on any atom is 0.129 e. The number of hydrogen-bond acceptors (Lipinski definition) is 3. The van der Waals surface area contributed by atoms with Crippen LogP contribution in [0.5, 0.6) is 17.2 Å². The van der Waals surface area contributed by atoms with Crippen molar-refractivity contribution in [3.8, 4) is 17.2 Å². The standard InChI is InChI=1S/C11H16O3/c1-5-14-9-6-10(12-3)8(2)11(7-9)13-4/h6-7H,5H2,1-4H3. The van der Waals surface area contributed by atoms with Crippen LogP contribution in [-0.2, 0) is 0 Å². The lowest BCUT2D eigenvalue weighted by Crippen LogP contribution is -1.96. The summed E-state index contributed by atoms with van der Waals surface area (Å²) in [4.78, 5) is 0. The molecule has 0 amide bonds. The maximum atomic E-state index is 5.39. The van der Waals surface area contributed by atoms with Crippen molar-refractivity contribution in [2.45, 2.75) is 13.8 Å². The van der Waals surface area contributed by atoms with Gasteiger partial charge in [-0.05, 0) is 13.8 Å². The molecule has 14 heavy (non-hydrogen) atoms. The van der Waals surface area contributed by atoms with Crippen LogP contribution in [0.1, 0.15) is 12.5 Å². The summed E-state index contributed by atoms with van der Waals surface area (Å²) in [5.74, 6) is 2.34. The van der Waals surface area contributed by atoms with E-state index in [9.17, 15) is 0 Å². The molecular formula is C11H16O3. The molecule has 1 rings (SSSR count). The van der Waals surface area contributed by atoms with Gasteiger partial charge in [-0.2, -0.15) is 0 Å². The Kier molecular flexibility index (Phi) is 3.63. The molecule has 0 aliphatic rings. The van der Waals surface area contributed by atoms with Crippen LogP contribution >= 0.6 is 0 Å². The fraction of sp³-hybridized carbons (Fsp3) is 0.455. The van der Waals surface area contributed by atoms with E-state index in [-0.39, 0.29) is 0 Å². The Balaban J connectivity index is 3.11. The summed E-state index contributed by atoms with van der Waals surface area (Å²) < 4.78 is 15.8. The van der Waals surface area contributed by atoms with Crippen LogP contribution in [0.4, 0.5) is 0 Å². The molecule has 0 heterocycles. The number of methoxy groups -OCH3 is 2. The van der Waals surface area contributed by atoms with Gasteiger partial charge in [-0.25, -0.2) is 0 Å². The fourth-order valence-corrected chi connectivity index (χ4v) is 1.31. The minimum absolute atomic E-state index is 0.634. The normalized spacial score (nSPS) is 9.71. The molecule has 0 unspecified atom stereocenters. The summed E-state index contributed by atoms with van der Waals surface area (Å²) in [6, 6.07) is 3.72. The predicted octanol–water partition coefficient (Wildman–Crippen LogP) is 2.41. The van der Waals surface area contributed by atoms with Crippen LogP contribution in [0.2, 0.25) is 0 Å². The summed E-state index contributed by atoms with van der Waals surface area (Å²) in [5, 5.41) is 0. The maximum absolute atomic E-state index is 5.39. The number of hydrogen-bond donors (Lipinski definition) is 0. The molecule has 0 radical (unpaired) electrons. The van der Waals surface area contributed by atoms with Crippen LogP contribution in [0.3, 0.4) is 0 Å². The Bertz CT molecular complexity index is 282. The average Bonchev–Trinajstić information content (AvgIpc) is 2.20. The third-order valence-corrected chi connectivity index (χ3v) is 2.04. The smallest absolute Gasteiger partial charge is 0.129 e. The van der Waals surface area contributed by atoms with Crippen LogP contribution in [-0.4, -0.2) is 20.8 Å². The topological polar surface area (TPSA) is 27.7 Å². The van der Waals surface area contributed by atoms with Crippen molar-refractivity contribution < 1.29 is 14.2 Å². The Hall–Kier alpha value is -1.38. The molecule has 3 heteroatoms. The van der Waals surface area contributed by atoms with Gasteiger partial charge in [0.1, 0.15) is 17.2 Å². The second-order valence-electron chi connectivity index (χ2n) is 2.89. The van der Waals surface area contributed by atoms with E-state index in [0.717, 1.165) is 22.8 Å². The minimum Gasteiger partial charge on any atom is -0.496 e. The molecule has 1 aromatic carbocycles. The molecule has 0 saturated heterocycles. The number of benzene rings is 1. The zero-order chi connectivity index (χ0) is 10.6. The molecule has 0 spiro atoms. The Morgan fingerprint density at radius 2 is 1.57 bits per heavy atom. The van der Waals surface area contributed by atoms with Crippen molar-refractivity contribution in [1.82, 2.24) is 0 Å². The quantitative estimate of drug-likeness (QED) is 0.740. The molecule has 78 valence electrons. The van der Waals surface area contributed by atoms with E-state index < -0.39 is 0 Å². The molecule has 0 fully saturated rings. The van der Waals surface area contributed by atoms with E-state index in [1.54, 1.807) is 14.2 Å². The van der Waals surface area contributed by atoms with Crippen molar-refractivity contribution in [3.05, 3.63) is 17.7 Å². The lowest BCUT2D eigenvalue weighted by atomic mass is 10.2. The van der Waals surface area contributed by atoms with Gasteiger partial charge in [-0.1, -0.05) is 0 Å². The van der Waals surface area contributed by atoms with Crippen LogP contribution in [0, 0.1) is 6.92 Å². The van der Waals surface area contributed by atoms with Crippen molar-refractivity contribution in [2.24, 2.45) is 0 Å². The molecule has 0 bridgehead atoms. The van der Waals surface area contributed by atoms with Gasteiger partial charge >= 0.3 is 0 Å². The van der Waals surface area contributed by atoms with Crippen LogP contribution < -0.4 is 14.2 Å². The second-order valence-corrected chi connectivity index (χ2v) is 2.89. The zero-order valence-electron chi connectivity index (χ0n) is 9.09. The van der Waals surface area contributed by atoms with E-state index in [2.05, 4.69) is 0 Å². The van der Waals surface area contributed by atoms with E-state index >= 15 is 0 Å². The van der Waals surface area contributed by atoms with E-state index in [1.807, 2.05) is 26.0 Å². The molecule has 0 aliphatic carbocycles. The van der Waals surface area contributed by atoms with Gasteiger partial charge in [0.05, 0.1) is 20.8 Å². The van der Waals surface area contributed by atoms with Gasteiger partial charge in [0.15, 0.2) is 0 Å². The fourth-order valence-electron chi connectivity index (χ4n) is 1.31. The van der Waals surface area contributed by atoms with Crippen molar-refractivity contribution in [3.63, 3.8) is 0 Å². The van der Waals surface area contributed by atoms with Gasteiger partial charge in [0.25, 0.3) is 0 Å². The summed E-state index contributed by atoms with van der Waals surface area (Å²) in [5.41, 5.74) is 0.985. The molecular weight excluding hydrogens is 180 g/mol. The largest absolute Gasteiger partial charge is 0.496 e. The Morgan fingerprint density at radius 3 is 1.93 bits per heavy atom. The molecule has 0 saturated carbocycles. The summed E-state index contributed by atoms with van der Waals surface area (Å²) in [6.45, 7) is 4.53. The van der Waals surface area contributed by atoms with Crippen molar-refractivity contribution >= 4 is 0 Å². The minimum atomic E-state index is 0.634. The highest BCUT2D eigenvalue weighted by Gasteiger charge is 2.08. The van der Waals surface area contributed by atoms with E-state index in [0.29, 0.717) is 6.61 Å². The van der Waals surface area contributed by atoms with Gasteiger partial charge < -0.3 is 14.2 Å². The van der Waals surface area contributed by atoms with E-state index in [4.69, 9.17) is 14.2 Å². The monoisotopic (exact) mass is 196 g/mol. The van der Waals surface area contributed by atoms with E-state index in [1.165, 1.54) is 0 Å². The summed E-state index contributed by atoms with van der Waals surface area (Å²) >= 11 is 0. The van der Waals surface area contributed by atoms with Gasteiger partial charge in [-0.3, -0.25) is 0 Å². The summed E-state index contributed by atoms with van der Waals surface area (Å²) in [6.07, 6.45) is 0. The molecule has 0 aromatic heterocycles. The number of rotatable bonds is 4. The van der Waals surface area contributed by atoms with Gasteiger partial charge in [0.2, 0.25) is 0 Å². The Morgan fingerprint density at radius 1 is 1.07 bits per heavy atom. The molecule has 0 aliphatic heterocycles. The van der Waals surface area contributed by atoms with Crippen molar-refractivity contribution in [1.29, 1.82) is 0 Å². The first kappa shape index (κ1) is 10.7. The predicted molar refractivity (Wildman–Crippen MR) is 55.5 cm³/mol. The summed E-state index contributed by atoms with van der Waals surface area (Å²) in [7, 11) is 3.27. The van der Waals surface area contributed by atoms with Crippen LogP contribution in [0.15, 0.2) is 12.1 Å². The lowest BCUT2D eigenvalue weighted by molar-refractivity contribution is 0.329. The van der Waals surface area contributed by atoms with Gasteiger partial charge in [-0.15, -0.1) is 0 Å². The molecule has 0 atom stereocenters. The molecule has 3 nitrogen and oxygen atoms in total. The highest BCUT2D eigenvalue weighted by molar-refractivity contribution is 5.49. The Labute approximate surface area is 84.6 Å². The highest BCUT2D eigenvalue weighted by Crippen LogP contribution is 2.32. The first-order chi connectivity index (χ1) is 6.72. The molecule has 1 aromatic rings. The third kappa shape index (κ3) is 2.10. The average molecular weight is 196 g/mol. The molecule has 0 N–H and O–H groups in total. The first-order valence-corrected chi connectivity index (χ1v) is 4.58. The van der Waals surface area contributed by atoms with Gasteiger partial charge in [0, 0.05) is 17.7 Å². The zero-order valence-corrected chi connectivity index (χ0v) is 9.09. The van der Waals surface area contributed by atoms with Crippen LogP contribution in [0.25, 0.3) is 0 Å². The lowest BCUT2D eigenvalue weighted by Gasteiger charge is -2.12. The highest BCUT2D eigenvalue weighted by atomic mass is 16.5. The second kappa shape index (κ2) is 4.74. The SMILES string of the molecule is CCOc1cc(OC)c(C)c(OC)c1. The number of ether oxygens (including phenoxy) is 3.